The van der Waals surface area contributed by atoms with Gasteiger partial charge in [-0.15, -0.1) is 0 Å². The SMILES string of the molecule is CCn1c(=NC(=O)c2ccc3c(c2)CCCC3)sc2cccc(F)c21. The molecule has 1 amide bonds. The third-order valence-corrected chi connectivity index (χ3v) is 5.80. The summed E-state index contributed by atoms with van der Waals surface area (Å²) in [5, 5.41) is 0. The summed E-state index contributed by atoms with van der Waals surface area (Å²) in [6.45, 7) is 2.50. The van der Waals surface area contributed by atoms with Crippen LogP contribution in [-0.2, 0) is 19.4 Å². The van der Waals surface area contributed by atoms with Gasteiger partial charge in [0.25, 0.3) is 5.91 Å². The minimum Gasteiger partial charge on any atom is -0.314 e. The summed E-state index contributed by atoms with van der Waals surface area (Å²) in [7, 11) is 0. The fraction of sp³-hybridized carbons (Fsp3) is 0.300. The van der Waals surface area contributed by atoms with Crippen molar-refractivity contribution in [2.75, 3.05) is 0 Å². The maximum atomic E-state index is 14.2. The lowest BCUT2D eigenvalue weighted by Crippen LogP contribution is -2.16. The molecule has 0 unspecified atom stereocenters. The number of halogens is 1. The molecule has 0 N–H and O–H groups in total. The maximum absolute atomic E-state index is 14.2. The molecular formula is C20H19FN2OS. The minimum atomic E-state index is -0.279. The lowest BCUT2D eigenvalue weighted by molar-refractivity contribution is 0.0997. The van der Waals surface area contributed by atoms with Gasteiger partial charge in [-0.3, -0.25) is 4.79 Å². The number of para-hydroxylation sites is 1. The lowest BCUT2D eigenvalue weighted by atomic mass is 9.90. The molecule has 1 aromatic heterocycles. The van der Waals surface area contributed by atoms with Gasteiger partial charge in [-0.2, -0.15) is 4.99 Å². The number of thiazole rings is 1. The first-order valence-electron chi connectivity index (χ1n) is 8.66. The number of hydrogen-bond acceptors (Lipinski definition) is 2. The molecule has 0 aliphatic heterocycles. The number of fused-ring (bicyclic) bond motifs is 2. The normalized spacial score (nSPS) is 14.7. The number of nitrogens with zero attached hydrogens (tertiary/aromatic N) is 2. The Labute approximate surface area is 149 Å². The molecule has 3 aromatic rings. The highest BCUT2D eigenvalue weighted by atomic mass is 32.1. The molecule has 1 aliphatic carbocycles. The van der Waals surface area contributed by atoms with Crippen LogP contribution in [0.5, 0.6) is 0 Å². The van der Waals surface area contributed by atoms with Gasteiger partial charge in [-0.1, -0.05) is 23.5 Å². The van der Waals surface area contributed by atoms with Gasteiger partial charge in [-0.25, -0.2) is 4.39 Å². The third-order valence-electron chi connectivity index (χ3n) is 4.76. The zero-order valence-electron chi connectivity index (χ0n) is 14.1. The van der Waals surface area contributed by atoms with Gasteiger partial charge in [0.15, 0.2) is 4.80 Å². The fourth-order valence-electron chi connectivity index (χ4n) is 3.48. The van der Waals surface area contributed by atoms with Gasteiger partial charge in [0, 0.05) is 12.1 Å². The standard InChI is InChI=1S/C20H19FN2OS/c1-2-23-18-16(21)8-5-9-17(18)25-20(23)22-19(24)15-11-10-13-6-3-4-7-14(13)12-15/h5,8-12H,2-4,6-7H2,1H3. The monoisotopic (exact) mass is 354 g/mol. The molecular weight excluding hydrogens is 335 g/mol. The predicted octanol–water partition coefficient (Wildman–Crippen LogP) is 4.48. The van der Waals surface area contributed by atoms with E-state index >= 15 is 0 Å². The molecule has 0 fully saturated rings. The van der Waals surface area contributed by atoms with Gasteiger partial charge >= 0.3 is 0 Å². The van der Waals surface area contributed by atoms with E-state index in [0.29, 0.717) is 22.4 Å². The first kappa shape index (κ1) is 16.2. The molecule has 2 aromatic carbocycles. The van der Waals surface area contributed by atoms with E-state index in [-0.39, 0.29) is 11.7 Å². The van der Waals surface area contributed by atoms with Crippen LogP contribution >= 0.6 is 11.3 Å². The second-order valence-corrected chi connectivity index (χ2v) is 7.33. The van der Waals surface area contributed by atoms with E-state index in [1.165, 1.54) is 41.4 Å². The lowest BCUT2D eigenvalue weighted by Gasteiger charge is -2.15. The summed E-state index contributed by atoms with van der Waals surface area (Å²) in [4.78, 5) is 17.5. The Hall–Kier alpha value is -2.27. The average molecular weight is 354 g/mol. The molecule has 0 saturated carbocycles. The van der Waals surface area contributed by atoms with Gasteiger partial charge in [0.05, 0.1) is 10.2 Å². The van der Waals surface area contributed by atoms with Crippen LogP contribution in [0.3, 0.4) is 0 Å². The predicted molar refractivity (Wildman–Crippen MR) is 98.4 cm³/mol. The Bertz CT molecular complexity index is 1030. The Morgan fingerprint density at radius 1 is 1.20 bits per heavy atom. The van der Waals surface area contributed by atoms with Crippen LogP contribution in [0.2, 0.25) is 0 Å². The van der Waals surface area contributed by atoms with Gasteiger partial charge in [-0.05, 0) is 68.0 Å². The Morgan fingerprint density at radius 2 is 2.00 bits per heavy atom. The first-order valence-corrected chi connectivity index (χ1v) is 9.47. The highest BCUT2D eigenvalue weighted by Crippen LogP contribution is 2.23. The van der Waals surface area contributed by atoms with E-state index in [1.54, 1.807) is 10.6 Å². The third kappa shape index (κ3) is 2.93. The van der Waals surface area contributed by atoms with Crippen molar-refractivity contribution in [1.82, 2.24) is 4.57 Å². The van der Waals surface area contributed by atoms with Crippen LogP contribution in [0.4, 0.5) is 4.39 Å². The number of aromatic nitrogens is 1. The van der Waals surface area contributed by atoms with Crippen molar-refractivity contribution in [3.05, 3.63) is 63.7 Å². The molecule has 1 aliphatic rings. The van der Waals surface area contributed by atoms with Crippen molar-refractivity contribution in [2.24, 2.45) is 4.99 Å². The highest BCUT2D eigenvalue weighted by Gasteiger charge is 2.14. The Balaban J connectivity index is 1.79. The summed E-state index contributed by atoms with van der Waals surface area (Å²) in [5.41, 5.74) is 3.74. The summed E-state index contributed by atoms with van der Waals surface area (Å²) < 4.78 is 16.7. The molecule has 0 radical (unpaired) electrons. The van der Waals surface area contributed by atoms with Crippen LogP contribution in [0.25, 0.3) is 10.2 Å². The minimum absolute atomic E-state index is 0.262. The number of amides is 1. The van der Waals surface area contributed by atoms with Crippen molar-refractivity contribution in [2.45, 2.75) is 39.2 Å². The van der Waals surface area contributed by atoms with Crippen molar-refractivity contribution < 1.29 is 9.18 Å². The van der Waals surface area contributed by atoms with E-state index in [0.717, 1.165) is 17.5 Å². The molecule has 0 bridgehead atoms. The zero-order chi connectivity index (χ0) is 17.4. The largest absolute Gasteiger partial charge is 0.314 e. The fourth-order valence-corrected chi connectivity index (χ4v) is 4.59. The average Bonchev–Trinajstić information content (AvgIpc) is 2.99. The number of carbonyl (C=O) groups excluding carboxylic acids is 1. The van der Waals surface area contributed by atoms with Gasteiger partial charge < -0.3 is 4.57 Å². The number of carbonyl (C=O) groups is 1. The summed E-state index contributed by atoms with van der Waals surface area (Å²) in [6, 6.07) is 10.9. The quantitative estimate of drug-likeness (QED) is 0.668. The zero-order valence-corrected chi connectivity index (χ0v) is 14.9. The molecule has 128 valence electrons. The van der Waals surface area contributed by atoms with E-state index in [1.807, 2.05) is 25.1 Å². The van der Waals surface area contributed by atoms with E-state index in [2.05, 4.69) is 11.1 Å². The van der Waals surface area contributed by atoms with Gasteiger partial charge in [0.1, 0.15) is 5.82 Å². The smallest absolute Gasteiger partial charge is 0.279 e. The second-order valence-electron chi connectivity index (χ2n) is 6.32. The van der Waals surface area contributed by atoms with Crippen LogP contribution in [0.1, 0.15) is 41.3 Å². The number of aryl methyl sites for hydroxylation is 3. The molecule has 0 atom stereocenters. The van der Waals surface area contributed by atoms with Crippen molar-refractivity contribution >= 4 is 27.5 Å². The van der Waals surface area contributed by atoms with E-state index in [4.69, 9.17) is 0 Å². The van der Waals surface area contributed by atoms with Crippen LogP contribution < -0.4 is 4.80 Å². The van der Waals surface area contributed by atoms with E-state index in [9.17, 15) is 9.18 Å². The maximum Gasteiger partial charge on any atom is 0.279 e. The van der Waals surface area contributed by atoms with Crippen molar-refractivity contribution in [1.29, 1.82) is 0 Å². The summed E-state index contributed by atoms with van der Waals surface area (Å²) in [5.74, 6) is -0.541. The molecule has 3 nitrogen and oxygen atoms in total. The van der Waals surface area contributed by atoms with Crippen LogP contribution in [0.15, 0.2) is 41.4 Å². The Kier molecular flexibility index (Phi) is 4.25. The highest BCUT2D eigenvalue weighted by molar-refractivity contribution is 7.16. The first-order chi connectivity index (χ1) is 12.2. The molecule has 25 heavy (non-hydrogen) atoms. The molecule has 4 rings (SSSR count). The molecule has 0 saturated heterocycles. The summed E-state index contributed by atoms with van der Waals surface area (Å²) >= 11 is 1.35. The van der Waals surface area contributed by atoms with Crippen molar-refractivity contribution in [3.63, 3.8) is 0 Å². The number of rotatable bonds is 2. The number of hydrogen-bond donors (Lipinski definition) is 0. The van der Waals surface area contributed by atoms with Gasteiger partial charge in [0.2, 0.25) is 0 Å². The molecule has 1 heterocycles. The Morgan fingerprint density at radius 3 is 2.80 bits per heavy atom. The van der Waals surface area contributed by atoms with Crippen LogP contribution in [0, 0.1) is 5.82 Å². The molecule has 5 heteroatoms. The summed E-state index contributed by atoms with van der Waals surface area (Å²) in [6.07, 6.45) is 4.51. The molecule has 0 spiro atoms. The van der Waals surface area contributed by atoms with Crippen molar-refractivity contribution in [3.8, 4) is 0 Å². The number of benzene rings is 2. The van der Waals surface area contributed by atoms with Crippen LogP contribution in [-0.4, -0.2) is 10.5 Å². The second kappa shape index (κ2) is 6.56. The van der Waals surface area contributed by atoms with E-state index < -0.39 is 0 Å². The topological polar surface area (TPSA) is 34.4 Å².